The van der Waals surface area contributed by atoms with Gasteiger partial charge in [0.1, 0.15) is 0 Å². The number of nitrogens with two attached hydrogens (primary N) is 1. The van der Waals surface area contributed by atoms with Crippen molar-refractivity contribution in [1.82, 2.24) is 25.0 Å². The third kappa shape index (κ3) is 1.84. The fourth-order valence-corrected chi connectivity index (χ4v) is 3.28. The van der Waals surface area contributed by atoms with E-state index in [-0.39, 0.29) is 29.2 Å². The summed E-state index contributed by atoms with van der Waals surface area (Å²) in [6.45, 7) is 4.54. The Morgan fingerprint density at radius 3 is 2.85 bits per heavy atom. The summed E-state index contributed by atoms with van der Waals surface area (Å²) in [6, 6.07) is 0.175. The summed E-state index contributed by atoms with van der Waals surface area (Å²) < 4.78 is 1.78. The topological polar surface area (TPSA) is 103 Å². The fourth-order valence-electron chi connectivity index (χ4n) is 3.07. The molecule has 2 heterocycles. The van der Waals surface area contributed by atoms with Crippen molar-refractivity contribution in [1.29, 1.82) is 0 Å². The third-order valence-electron chi connectivity index (χ3n) is 4.49. The van der Waals surface area contributed by atoms with Crippen molar-refractivity contribution in [3.8, 4) is 0 Å². The van der Waals surface area contributed by atoms with Crippen LogP contribution in [0.25, 0.3) is 11.2 Å². The second kappa shape index (κ2) is 4.53. The van der Waals surface area contributed by atoms with E-state index in [9.17, 15) is 0 Å². The molecule has 108 valence electrons. The minimum atomic E-state index is 0.0234. The molecule has 0 radical (unpaired) electrons. The highest BCUT2D eigenvalue weighted by Crippen LogP contribution is 2.55. The highest BCUT2D eigenvalue weighted by Gasteiger charge is 2.49. The van der Waals surface area contributed by atoms with Crippen molar-refractivity contribution >= 4 is 28.7 Å². The van der Waals surface area contributed by atoms with Crippen molar-refractivity contribution in [3.63, 3.8) is 0 Å². The molecule has 2 atom stereocenters. The zero-order valence-corrected chi connectivity index (χ0v) is 12.2. The molecule has 3 N–H and O–H groups in total. The summed E-state index contributed by atoms with van der Waals surface area (Å²) in [6.07, 6.45) is 1.74. The zero-order chi connectivity index (χ0) is 14.5. The van der Waals surface area contributed by atoms with Crippen LogP contribution in [0.2, 0.25) is 5.15 Å². The average molecular weight is 297 g/mol. The fraction of sp³-hybridized carbons (Fsp3) is 0.667. The minimum Gasteiger partial charge on any atom is -0.396 e. The molecule has 2 aromatic heterocycles. The van der Waals surface area contributed by atoms with Gasteiger partial charge in [-0.1, -0.05) is 30.7 Å². The molecule has 1 aliphatic carbocycles. The van der Waals surface area contributed by atoms with Gasteiger partial charge >= 0.3 is 0 Å². The van der Waals surface area contributed by atoms with Crippen LogP contribution in [0.3, 0.4) is 0 Å². The number of anilines is 1. The maximum atomic E-state index is 9.11. The minimum absolute atomic E-state index is 0.0234. The predicted molar refractivity (Wildman–Crippen MR) is 75.2 cm³/mol. The Labute approximate surface area is 121 Å². The molecule has 8 heteroatoms. The summed E-state index contributed by atoms with van der Waals surface area (Å²) in [5.74, 6) is 0.585. The maximum absolute atomic E-state index is 9.11. The summed E-state index contributed by atoms with van der Waals surface area (Å²) >= 11 is 6.01. The van der Waals surface area contributed by atoms with Gasteiger partial charge < -0.3 is 10.8 Å². The van der Waals surface area contributed by atoms with Gasteiger partial charge in [0.05, 0.1) is 6.04 Å². The maximum Gasteiger partial charge on any atom is 0.223 e. The molecule has 1 fully saturated rings. The number of nitrogen functional groups attached to an aromatic ring is 1. The first kappa shape index (κ1) is 13.5. The Kier molecular flexibility index (Phi) is 3.06. The van der Waals surface area contributed by atoms with Gasteiger partial charge in [-0.25, -0.2) is 4.68 Å². The van der Waals surface area contributed by atoms with Crippen LogP contribution in [0.15, 0.2) is 0 Å². The molecule has 0 saturated heterocycles. The van der Waals surface area contributed by atoms with Gasteiger partial charge in [0.2, 0.25) is 5.95 Å². The normalized spacial score (nSPS) is 24.8. The van der Waals surface area contributed by atoms with E-state index in [0.29, 0.717) is 17.1 Å². The number of hydrogen-bond acceptors (Lipinski definition) is 6. The van der Waals surface area contributed by atoms with E-state index in [1.54, 1.807) is 4.68 Å². The van der Waals surface area contributed by atoms with Crippen molar-refractivity contribution in [2.75, 3.05) is 12.3 Å². The molecule has 0 amide bonds. The summed E-state index contributed by atoms with van der Waals surface area (Å²) in [4.78, 5) is 8.09. The predicted octanol–water partition coefficient (Wildman–Crippen LogP) is 1.43. The van der Waals surface area contributed by atoms with Crippen LogP contribution in [-0.2, 0) is 0 Å². The monoisotopic (exact) mass is 296 g/mol. The van der Waals surface area contributed by atoms with E-state index < -0.39 is 0 Å². The first-order valence-corrected chi connectivity index (χ1v) is 6.97. The smallest absolute Gasteiger partial charge is 0.223 e. The summed E-state index contributed by atoms with van der Waals surface area (Å²) in [5, 5.41) is 17.6. The standard InChI is InChI=1S/C12H17ClN6O/c1-12(2)6(3-4-20)5-7(12)19-10-8(17-18-19)9(13)15-11(14)16-10/h6-7,20H,3-5H2,1-2H3,(H2,14,15,16)/t6-,7+/m0/s1. The molecule has 7 nitrogen and oxygen atoms in total. The Hall–Kier alpha value is -1.47. The largest absolute Gasteiger partial charge is 0.396 e. The Morgan fingerprint density at radius 2 is 2.20 bits per heavy atom. The van der Waals surface area contributed by atoms with Crippen LogP contribution in [-0.4, -0.2) is 36.7 Å². The molecular weight excluding hydrogens is 280 g/mol. The third-order valence-corrected chi connectivity index (χ3v) is 4.75. The van der Waals surface area contributed by atoms with Gasteiger partial charge in [0, 0.05) is 6.61 Å². The van der Waals surface area contributed by atoms with Crippen LogP contribution in [0.1, 0.15) is 32.7 Å². The van der Waals surface area contributed by atoms with Gasteiger partial charge in [-0.05, 0) is 24.2 Å². The second-order valence-corrected chi connectivity index (χ2v) is 6.22. The number of halogens is 1. The Bertz CT molecular complexity index is 655. The molecule has 0 aliphatic heterocycles. The van der Waals surface area contributed by atoms with E-state index in [0.717, 1.165) is 12.8 Å². The molecule has 20 heavy (non-hydrogen) atoms. The van der Waals surface area contributed by atoms with Gasteiger partial charge in [-0.2, -0.15) is 9.97 Å². The Balaban J connectivity index is 2.00. The van der Waals surface area contributed by atoms with E-state index >= 15 is 0 Å². The molecule has 1 saturated carbocycles. The van der Waals surface area contributed by atoms with E-state index in [1.807, 2.05) is 0 Å². The zero-order valence-electron chi connectivity index (χ0n) is 11.4. The van der Waals surface area contributed by atoms with Gasteiger partial charge in [-0.3, -0.25) is 0 Å². The van der Waals surface area contributed by atoms with Gasteiger partial charge in [0.15, 0.2) is 16.3 Å². The first-order valence-electron chi connectivity index (χ1n) is 6.60. The van der Waals surface area contributed by atoms with Crippen molar-refractivity contribution in [2.45, 2.75) is 32.7 Å². The summed E-state index contributed by atoms with van der Waals surface area (Å²) in [7, 11) is 0. The quantitative estimate of drug-likeness (QED) is 0.831. The van der Waals surface area contributed by atoms with E-state index in [1.165, 1.54) is 0 Å². The lowest BCUT2D eigenvalue weighted by atomic mass is 9.57. The lowest BCUT2D eigenvalue weighted by molar-refractivity contribution is -0.0285. The van der Waals surface area contributed by atoms with Crippen LogP contribution in [0.5, 0.6) is 0 Å². The summed E-state index contributed by atoms with van der Waals surface area (Å²) in [5.41, 5.74) is 6.72. The van der Waals surface area contributed by atoms with Crippen LogP contribution in [0.4, 0.5) is 5.95 Å². The van der Waals surface area contributed by atoms with Crippen molar-refractivity contribution < 1.29 is 5.11 Å². The number of nitrogens with zero attached hydrogens (tertiary/aromatic N) is 5. The highest BCUT2D eigenvalue weighted by atomic mass is 35.5. The second-order valence-electron chi connectivity index (χ2n) is 5.86. The van der Waals surface area contributed by atoms with Crippen molar-refractivity contribution in [2.24, 2.45) is 11.3 Å². The molecule has 0 aromatic carbocycles. The molecule has 0 unspecified atom stereocenters. The van der Waals surface area contributed by atoms with Gasteiger partial charge in [0.25, 0.3) is 0 Å². The molecule has 0 bridgehead atoms. The molecule has 0 spiro atoms. The number of hydrogen-bond donors (Lipinski definition) is 2. The Morgan fingerprint density at radius 1 is 1.45 bits per heavy atom. The highest BCUT2D eigenvalue weighted by molar-refractivity contribution is 6.33. The van der Waals surface area contributed by atoms with Gasteiger partial charge in [-0.15, -0.1) is 5.10 Å². The lowest BCUT2D eigenvalue weighted by Crippen LogP contribution is -2.46. The van der Waals surface area contributed by atoms with Crippen molar-refractivity contribution in [3.05, 3.63) is 5.15 Å². The van der Waals surface area contributed by atoms with Crippen LogP contribution in [0, 0.1) is 11.3 Å². The molecule has 3 rings (SSSR count). The number of fused-ring (bicyclic) bond motifs is 1. The van der Waals surface area contributed by atoms with Crippen LogP contribution < -0.4 is 5.73 Å². The van der Waals surface area contributed by atoms with E-state index in [4.69, 9.17) is 22.4 Å². The molecular formula is C12H17ClN6O. The lowest BCUT2D eigenvalue weighted by Gasteiger charge is -2.51. The SMILES string of the molecule is CC1(C)[C@@H](CCO)C[C@H]1n1nnc2c(Cl)nc(N)nc21. The van der Waals surface area contributed by atoms with E-state index in [2.05, 4.69) is 34.1 Å². The molecule has 1 aliphatic rings. The molecule has 2 aromatic rings. The average Bonchev–Trinajstić information content (AvgIpc) is 2.77. The number of rotatable bonds is 3. The first-order chi connectivity index (χ1) is 9.45. The number of aromatic nitrogens is 5. The number of aliphatic hydroxyl groups is 1. The van der Waals surface area contributed by atoms with Crippen LogP contribution >= 0.6 is 11.6 Å². The number of aliphatic hydroxyl groups excluding tert-OH is 1.